The van der Waals surface area contributed by atoms with E-state index in [0.29, 0.717) is 22.8 Å². The van der Waals surface area contributed by atoms with Gasteiger partial charge < -0.3 is 10.1 Å². The summed E-state index contributed by atoms with van der Waals surface area (Å²) in [4.78, 5) is 11.4. The molecule has 2 rings (SSSR count). The first-order valence-corrected chi connectivity index (χ1v) is 7.23. The highest BCUT2D eigenvalue weighted by Crippen LogP contribution is 2.22. The van der Waals surface area contributed by atoms with Gasteiger partial charge >= 0.3 is 5.97 Å². The zero-order chi connectivity index (χ0) is 15.4. The molecule has 110 valence electrons. The molecule has 0 bridgehead atoms. The fraction of sp³-hybridized carbons (Fsp3) is 0.133. The second-order valence-electron chi connectivity index (χ2n) is 4.31. The van der Waals surface area contributed by atoms with Gasteiger partial charge in [0.2, 0.25) is 0 Å². The van der Waals surface area contributed by atoms with Crippen LogP contribution in [0.1, 0.15) is 15.9 Å². The van der Waals surface area contributed by atoms with Gasteiger partial charge in [0.1, 0.15) is 5.82 Å². The lowest BCUT2D eigenvalue weighted by atomic mass is 10.1. The molecule has 0 saturated carbocycles. The minimum absolute atomic E-state index is 0.331. The first-order valence-electron chi connectivity index (χ1n) is 6.06. The standard InChI is InChI=1S/C15H12BrClFNO2/c1-21-15(20)9-2-3-10(14(16)4-9)8-19-13-6-11(17)5-12(18)7-13/h2-7,19H,8H2,1H3. The Hall–Kier alpha value is -1.59. The lowest BCUT2D eigenvalue weighted by Gasteiger charge is -2.10. The number of benzene rings is 2. The van der Waals surface area contributed by atoms with E-state index in [4.69, 9.17) is 11.6 Å². The van der Waals surface area contributed by atoms with Gasteiger partial charge in [-0.3, -0.25) is 0 Å². The summed E-state index contributed by atoms with van der Waals surface area (Å²) < 4.78 is 18.6. The number of methoxy groups -OCH3 is 1. The molecule has 0 unspecified atom stereocenters. The number of hydrogen-bond donors (Lipinski definition) is 1. The van der Waals surface area contributed by atoms with Gasteiger partial charge in [0, 0.05) is 21.7 Å². The summed E-state index contributed by atoms with van der Waals surface area (Å²) in [5.41, 5.74) is 1.97. The van der Waals surface area contributed by atoms with E-state index in [1.165, 1.54) is 19.2 Å². The smallest absolute Gasteiger partial charge is 0.337 e. The Labute approximate surface area is 135 Å². The average Bonchev–Trinajstić information content (AvgIpc) is 2.44. The maximum Gasteiger partial charge on any atom is 0.337 e. The summed E-state index contributed by atoms with van der Waals surface area (Å²) in [5.74, 6) is -0.794. The van der Waals surface area contributed by atoms with E-state index in [-0.39, 0.29) is 0 Å². The molecule has 2 aromatic rings. The van der Waals surface area contributed by atoms with Crippen molar-refractivity contribution in [3.63, 3.8) is 0 Å². The monoisotopic (exact) mass is 371 g/mol. The van der Waals surface area contributed by atoms with Gasteiger partial charge in [-0.2, -0.15) is 0 Å². The van der Waals surface area contributed by atoms with Gasteiger partial charge in [-0.25, -0.2) is 9.18 Å². The molecule has 0 aliphatic rings. The lowest BCUT2D eigenvalue weighted by Crippen LogP contribution is -2.04. The van der Waals surface area contributed by atoms with Crippen molar-refractivity contribution in [1.29, 1.82) is 0 Å². The zero-order valence-electron chi connectivity index (χ0n) is 11.1. The third-order valence-corrected chi connectivity index (χ3v) is 3.78. The van der Waals surface area contributed by atoms with Gasteiger partial charge in [0.05, 0.1) is 12.7 Å². The number of hydrogen-bond acceptors (Lipinski definition) is 3. The van der Waals surface area contributed by atoms with E-state index >= 15 is 0 Å². The fourth-order valence-corrected chi connectivity index (χ4v) is 2.53. The van der Waals surface area contributed by atoms with Crippen molar-refractivity contribution >= 4 is 39.2 Å². The maximum absolute atomic E-state index is 13.2. The summed E-state index contributed by atoms with van der Waals surface area (Å²) in [6.07, 6.45) is 0. The van der Waals surface area contributed by atoms with Crippen LogP contribution in [0.15, 0.2) is 40.9 Å². The number of nitrogens with one attached hydrogen (secondary N) is 1. The highest BCUT2D eigenvalue weighted by Gasteiger charge is 2.08. The van der Waals surface area contributed by atoms with Crippen LogP contribution in [0.3, 0.4) is 0 Å². The van der Waals surface area contributed by atoms with E-state index in [9.17, 15) is 9.18 Å². The van der Waals surface area contributed by atoms with Crippen LogP contribution < -0.4 is 5.32 Å². The third kappa shape index (κ3) is 4.19. The Morgan fingerprint density at radius 2 is 2.10 bits per heavy atom. The number of ether oxygens (including phenoxy) is 1. The SMILES string of the molecule is COC(=O)c1ccc(CNc2cc(F)cc(Cl)c2)c(Br)c1. The fourth-order valence-electron chi connectivity index (χ4n) is 1.79. The highest BCUT2D eigenvalue weighted by atomic mass is 79.9. The van der Waals surface area contributed by atoms with Crippen LogP contribution in [-0.2, 0) is 11.3 Å². The van der Waals surface area contributed by atoms with Crippen molar-refractivity contribution in [2.45, 2.75) is 6.54 Å². The minimum atomic E-state index is -0.398. The summed E-state index contributed by atoms with van der Waals surface area (Å²) in [6.45, 7) is 0.460. The third-order valence-electron chi connectivity index (χ3n) is 2.82. The molecule has 3 nitrogen and oxygen atoms in total. The van der Waals surface area contributed by atoms with Crippen molar-refractivity contribution in [2.75, 3.05) is 12.4 Å². The summed E-state index contributed by atoms with van der Waals surface area (Å²) in [5, 5.41) is 3.41. The molecular formula is C15H12BrClFNO2. The molecule has 0 aliphatic carbocycles. The lowest BCUT2D eigenvalue weighted by molar-refractivity contribution is 0.0600. The van der Waals surface area contributed by atoms with E-state index < -0.39 is 11.8 Å². The van der Waals surface area contributed by atoms with Crippen LogP contribution in [-0.4, -0.2) is 13.1 Å². The molecule has 6 heteroatoms. The van der Waals surface area contributed by atoms with Gasteiger partial charge in [-0.05, 0) is 35.9 Å². The molecule has 0 amide bonds. The first kappa shape index (κ1) is 15.8. The Kier molecular flexibility index (Phi) is 5.20. The van der Waals surface area contributed by atoms with Crippen molar-refractivity contribution in [3.05, 3.63) is 62.8 Å². The molecule has 0 aromatic heterocycles. The molecule has 0 saturated heterocycles. The molecule has 0 atom stereocenters. The van der Waals surface area contributed by atoms with Gasteiger partial charge in [-0.15, -0.1) is 0 Å². The van der Waals surface area contributed by atoms with E-state index in [2.05, 4.69) is 26.0 Å². The molecule has 0 fully saturated rings. The van der Waals surface area contributed by atoms with Crippen molar-refractivity contribution in [3.8, 4) is 0 Å². The number of anilines is 1. The highest BCUT2D eigenvalue weighted by molar-refractivity contribution is 9.10. The molecule has 0 spiro atoms. The van der Waals surface area contributed by atoms with E-state index in [1.54, 1.807) is 24.3 Å². The van der Waals surface area contributed by atoms with E-state index in [0.717, 1.165) is 10.0 Å². The summed E-state index contributed by atoms with van der Waals surface area (Å²) >= 11 is 9.19. The van der Waals surface area contributed by atoms with E-state index in [1.807, 2.05) is 0 Å². The predicted octanol–water partition coefficient (Wildman–Crippen LogP) is 4.64. The molecule has 0 radical (unpaired) electrons. The zero-order valence-corrected chi connectivity index (χ0v) is 13.5. The summed E-state index contributed by atoms with van der Waals surface area (Å²) in [6, 6.07) is 9.40. The minimum Gasteiger partial charge on any atom is -0.465 e. The largest absolute Gasteiger partial charge is 0.465 e. The number of rotatable bonds is 4. The quantitative estimate of drug-likeness (QED) is 0.795. The molecular weight excluding hydrogens is 361 g/mol. The normalized spacial score (nSPS) is 10.3. The number of halogens is 3. The topological polar surface area (TPSA) is 38.3 Å². The predicted molar refractivity (Wildman–Crippen MR) is 84.2 cm³/mol. The van der Waals surface area contributed by atoms with Gasteiger partial charge in [-0.1, -0.05) is 33.6 Å². The van der Waals surface area contributed by atoms with Crippen LogP contribution in [0.4, 0.5) is 10.1 Å². The Balaban J connectivity index is 2.11. The van der Waals surface area contributed by atoms with Crippen LogP contribution in [0, 0.1) is 5.82 Å². The van der Waals surface area contributed by atoms with Gasteiger partial charge in [0.25, 0.3) is 0 Å². The van der Waals surface area contributed by atoms with Crippen LogP contribution in [0.2, 0.25) is 5.02 Å². The second kappa shape index (κ2) is 6.91. The van der Waals surface area contributed by atoms with Crippen molar-refractivity contribution in [2.24, 2.45) is 0 Å². The molecule has 2 aromatic carbocycles. The number of esters is 1. The van der Waals surface area contributed by atoms with Crippen LogP contribution in [0.25, 0.3) is 0 Å². The average molecular weight is 373 g/mol. The maximum atomic E-state index is 13.2. The Morgan fingerprint density at radius 1 is 1.33 bits per heavy atom. The van der Waals surface area contributed by atoms with Gasteiger partial charge in [0.15, 0.2) is 0 Å². The Bertz CT molecular complexity index is 658. The van der Waals surface area contributed by atoms with Crippen LogP contribution in [0.5, 0.6) is 0 Å². The molecule has 0 aliphatic heterocycles. The summed E-state index contributed by atoms with van der Waals surface area (Å²) in [7, 11) is 1.33. The Morgan fingerprint density at radius 3 is 2.71 bits per heavy atom. The number of carbonyl (C=O) groups is 1. The molecule has 1 N–H and O–H groups in total. The molecule has 0 heterocycles. The molecule has 21 heavy (non-hydrogen) atoms. The second-order valence-corrected chi connectivity index (χ2v) is 5.60. The van der Waals surface area contributed by atoms with Crippen molar-refractivity contribution < 1.29 is 13.9 Å². The van der Waals surface area contributed by atoms with Crippen molar-refractivity contribution in [1.82, 2.24) is 0 Å². The first-order chi connectivity index (χ1) is 9.99. The van der Waals surface area contributed by atoms with Crippen LogP contribution >= 0.6 is 27.5 Å². The number of carbonyl (C=O) groups excluding carboxylic acids is 1.